The van der Waals surface area contributed by atoms with E-state index < -0.39 is 8.80 Å². The summed E-state index contributed by atoms with van der Waals surface area (Å²) in [7, 11) is -2.67. The molecule has 1 aromatic carbocycles. The van der Waals surface area contributed by atoms with Gasteiger partial charge in [-0.1, -0.05) is 30.7 Å². The lowest BCUT2D eigenvalue weighted by atomic mass is 9.98. The van der Waals surface area contributed by atoms with E-state index >= 15 is 0 Å². The first kappa shape index (κ1) is 20.0. The number of ketones is 1. The molecule has 130 valence electrons. The molecule has 0 fully saturated rings. The summed E-state index contributed by atoms with van der Waals surface area (Å²) in [5.41, 5.74) is 3.03. The van der Waals surface area contributed by atoms with Crippen molar-refractivity contribution in [2.45, 2.75) is 53.5 Å². The van der Waals surface area contributed by atoms with Crippen LogP contribution in [0.5, 0.6) is 0 Å². The van der Waals surface area contributed by atoms with Gasteiger partial charge in [0.05, 0.1) is 0 Å². The average molecular weight is 339 g/mol. The van der Waals surface area contributed by atoms with Gasteiger partial charge in [0.2, 0.25) is 0 Å². The minimum Gasteiger partial charge on any atom is -0.374 e. The van der Waals surface area contributed by atoms with Crippen LogP contribution in [0.4, 0.5) is 0 Å². The molecule has 0 aliphatic rings. The van der Waals surface area contributed by atoms with Crippen molar-refractivity contribution in [3.63, 3.8) is 0 Å². The van der Waals surface area contributed by atoms with E-state index in [4.69, 9.17) is 13.3 Å². The number of rotatable bonds is 11. The Balaban J connectivity index is 3.00. The third-order valence-electron chi connectivity index (χ3n) is 3.68. The summed E-state index contributed by atoms with van der Waals surface area (Å²) in [4.78, 5) is 12.2. The molecule has 5 heteroatoms. The van der Waals surface area contributed by atoms with E-state index in [1.165, 1.54) is 0 Å². The van der Waals surface area contributed by atoms with E-state index in [0.717, 1.165) is 23.1 Å². The van der Waals surface area contributed by atoms with Crippen LogP contribution in [0.1, 0.15) is 55.6 Å². The minimum absolute atomic E-state index is 0.177. The number of carbonyl (C=O) groups is 1. The predicted octanol–water partition coefficient (Wildman–Crippen LogP) is 4.18. The fourth-order valence-corrected chi connectivity index (χ4v) is 5.26. The maximum atomic E-state index is 12.2. The zero-order chi connectivity index (χ0) is 17.3. The number of benzene rings is 1. The molecule has 1 aromatic rings. The highest BCUT2D eigenvalue weighted by Crippen LogP contribution is 2.22. The minimum atomic E-state index is -2.67. The Labute approximate surface area is 141 Å². The number of hydrogen-bond donors (Lipinski definition) is 0. The molecule has 0 aliphatic heterocycles. The molecule has 0 bridgehead atoms. The van der Waals surface area contributed by atoms with E-state index in [2.05, 4.69) is 6.07 Å². The number of hydrogen-bond acceptors (Lipinski definition) is 4. The standard InChI is InChI=1S/C18H30O4Si/c1-6-18(19)17-11-10-15(5)14-16(17)12-13-23(20-7-2,21-8-3)22-9-4/h10-11,14H,6-9,12-13H2,1-5H3. The molecule has 4 nitrogen and oxygen atoms in total. The molecule has 0 heterocycles. The van der Waals surface area contributed by atoms with Crippen LogP contribution in [-0.4, -0.2) is 34.4 Å². The molecule has 0 saturated heterocycles. The largest absolute Gasteiger partial charge is 0.501 e. The lowest BCUT2D eigenvalue weighted by Gasteiger charge is -2.28. The molecule has 0 radical (unpaired) electrons. The molecular weight excluding hydrogens is 308 g/mol. The van der Waals surface area contributed by atoms with Gasteiger partial charge in [-0.3, -0.25) is 4.79 Å². The third kappa shape index (κ3) is 5.84. The van der Waals surface area contributed by atoms with Crippen LogP contribution in [0, 0.1) is 6.92 Å². The third-order valence-corrected chi connectivity index (χ3v) is 6.72. The molecule has 0 aliphatic carbocycles. The van der Waals surface area contributed by atoms with E-state index in [1.54, 1.807) is 0 Å². The summed E-state index contributed by atoms with van der Waals surface area (Å²) >= 11 is 0. The van der Waals surface area contributed by atoms with Crippen molar-refractivity contribution in [1.29, 1.82) is 0 Å². The number of aryl methyl sites for hydroxylation is 2. The van der Waals surface area contributed by atoms with E-state index in [-0.39, 0.29) is 5.78 Å². The molecule has 0 atom stereocenters. The Morgan fingerprint density at radius 3 is 2.04 bits per heavy atom. The molecule has 0 N–H and O–H groups in total. The van der Waals surface area contributed by atoms with Gasteiger partial charge < -0.3 is 13.3 Å². The number of Topliss-reactive ketones (excluding diaryl/α,β-unsaturated/α-hetero) is 1. The van der Waals surface area contributed by atoms with Gasteiger partial charge >= 0.3 is 8.80 Å². The fourth-order valence-electron chi connectivity index (χ4n) is 2.68. The zero-order valence-corrected chi connectivity index (χ0v) is 16.1. The summed E-state index contributed by atoms with van der Waals surface area (Å²) in [5, 5.41) is 0. The normalized spacial score (nSPS) is 11.7. The smallest absolute Gasteiger partial charge is 0.374 e. The van der Waals surface area contributed by atoms with Crippen molar-refractivity contribution in [1.82, 2.24) is 0 Å². The topological polar surface area (TPSA) is 44.8 Å². The second kappa shape index (κ2) is 9.98. The second-order valence-electron chi connectivity index (χ2n) is 5.42. The van der Waals surface area contributed by atoms with Crippen molar-refractivity contribution < 1.29 is 18.1 Å². The van der Waals surface area contributed by atoms with Gasteiger partial charge in [0, 0.05) is 37.8 Å². The first-order chi connectivity index (χ1) is 11.0. The van der Waals surface area contributed by atoms with Crippen LogP contribution in [0.15, 0.2) is 18.2 Å². The summed E-state index contributed by atoms with van der Waals surface area (Å²) in [6.07, 6.45) is 1.25. The monoisotopic (exact) mass is 338 g/mol. The van der Waals surface area contributed by atoms with Gasteiger partial charge in [-0.2, -0.15) is 0 Å². The van der Waals surface area contributed by atoms with Gasteiger partial charge in [-0.25, -0.2) is 0 Å². The molecular formula is C18H30O4Si. The molecule has 0 amide bonds. The second-order valence-corrected chi connectivity index (χ2v) is 8.15. The Morgan fingerprint density at radius 1 is 1.00 bits per heavy atom. The molecule has 0 spiro atoms. The van der Waals surface area contributed by atoms with Gasteiger partial charge in [0.1, 0.15) is 0 Å². The fraction of sp³-hybridized carbons (Fsp3) is 0.611. The quantitative estimate of drug-likeness (QED) is 0.448. The van der Waals surface area contributed by atoms with Crippen molar-refractivity contribution in [2.24, 2.45) is 0 Å². The van der Waals surface area contributed by atoms with Gasteiger partial charge in [0.25, 0.3) is 0 Å². The summed E-state index contributed by atoms with van der Waals surface area (Å²) in [5.74, 6) is 0.177. The SMILES string of the molecule is CCO[Si](CCc1cc(C)ccc1C(=O)CC)(OCC)OCC. The number of carbonyl (C=O) groups excluding carboxylic acids is 1. The first-order valence-electron chi connectivity index (χ1n) is 8.56. The van der Waals surface area contributed by atoms with Crippen LogP contribution in [0.25, 0.3) is 0 Å². The van der Waals surface area contributed by atoms with Crippen LogP contribution >= 0.6 is 0 Å². The van der Waals surface area contributed by atoms with Crippen LogP contribution in [0.3, 0.4) is 0 Å². The maximum absolute atomic E-state index is 12.2. The Morgan fingerprint density at radius 2 is 1.57 bits per heavy atom. The van der Waals surface area contributed by atoms with Crippen molar-refractivity contribution in [3.8, 4) is 0 Å². The maximum Gasteiger partial charge on any atom is 0.501 e. The van der Waals surface area contributed by atoms with Crippen molar-refractivity contribution in [2.75, 3.05) is 19.8 Å². The Bertz CT molecular complexity index is 485. The highest BCUT2D eigenvalue weighted by atomic mass is 28.4. The van der Waals surface area contributed by atoms with E-state index in [9.17, 15) is 4.79 Å². The molecule has 0 unspecified atom stereocenters. The van der Waals surface area contributed by atoms with Crippen molar-refractivity contribution >= 4 is 14.6 Å². The van der Waals surface area contributed by atoms with Crippen LogP contribution in [0.2, 0.25) is 6.04 Å². The summed E-state index contributed by atoms with van der Waals surface area (Å²) < 4.78 is 17.7. The van der Waals surface area contributed by atoms with Gasteiger partial charge in [0.15, 0.2) is 5.78 Å². The lowest BCUT2D eigenvalue weighted by Crippen LogP contribution is -2.46. The zero-order valence-electron chi connectivity index (χ0n) is 15.1. The van der Waals surface area contributed by atoms with Gasteiger partial charge in [-0.05, 0) is 39.7 Å². The molecule has 0 saturated carbocycles. The van der Waals surface area contributed by atoms with E-state index in [0.29, 0.717) is 32.3 Å². The van der Waals surface area contributed by atoms with Crippen LogP contribution in [-0.2, 0) is 19.7 Å². The molecule has 23 heavy (non-hydrogen) atoms. The summed E-state index contributed by atoms with van der Waals surface area (Å²) in [6.45, 7) is 11.5. The molecule has 1 rings (SSSR count). The predicted molar refractivity (Wildman–Crippen MR) is 94.9 cm³/mol. The van der Waals surface area contributed by atoms with Crippen molar-refractivity contribution in [3.05, 3.63) is 34.9 Å². The highest BCUT2D eigenvalue weighted by Gasteiger charge is 2.40. The van der Waals surface area contributed by atoms with Crippen LogP contribution < -0.4 is 0 Å². The highest BCUT2D eigenvalue weighted by molar-refractivity contribution is 6.60. The first-order valence-corrected chi connectivity index (χ1v) is 10.5. The molecule has 0 aromatic heterocycles. The summed E-state index contributed by atoms with van der Waals surface area (Å²) in [6, 6.07) is 6.70. The lowest BCUT2D eigenvalue weighted by molar-refractivity contribution is 0.0713. The van der Waals surface area contributed by atoms with E-state index in [1.807, 2.05) is 46.8 Å². The Hall–Kier alpha value is -1.01. The Kier molecular flexibility index (Phi) is 8.69. The van der Waals surface area contributed by atoms with Gasteiger partial charge in [-0.15, -0.1) is 0 Å². The average Bonchev–Trinajstić information content (AvgIpc) is 2.53.